The van der Waals surface area contributed by atoms with Gasteiger partial charge in [-0.25, -0.2) is 0 Å². The standard InChI is InChI=1S/C16H21BrO/c1-16(2,3)13-8-4-11(5-9-13)10-14(17)15(18)12-6-7-12/h4-5,8-9,12,14H,6-7,10H2,1-3H3. The van der Waals surface area contributed by atoms with Crippen molar-refractivity contribution in [1.29, 1.82) is 0 Å². The third kappa shape index (κ3) is 3.44. The molecular formula is C16H21BrO. The Morgan fingerprint density at radius 3 is 2.28 bits per heavy atom. The summed E-state index contributed by atoms with van der Waals surface area (Å²) in [5.41, 5.74) is 2.76. The third-order valence-electron chi connectivity index (χ3n) is 3.52. The Morgan fingerprint density at radius 2 is 1.83 bits per heavy atom. The molecular weight excluding hydrogens is 288 g/mol. The van der Waals surface area contributed by atoms with Crippen LogP contribution in [-0.2, 0) is 16.6 Å². The molecule has 0 radical (unpaired) electrons. The first-order valence-corrected chi connectivity index (χ1v) is 7.57. The van der Waals surface area contributed by atoms with Crippen molar-refractivity contribution in [1.82, 2.24) is 0 Å². The van der Waals surface area contributed by atoms with Crippen molar-refractivity contribution in [2.45, 2.75) is 50.3 Å². The van der Waals surface area contributed by atoms with Crippen LogP contribution in [0.3, 0.4) is 0 Å². The first kappa shape index (κ1) is 13.8. The number of Topliss-reactive ketones (excluding diaryl/α,β-unsaturated/α-hetero) is 1. The summed E-state index contributed by atoms with van der Waals surface area (Å²) in [6.07, 6.45) is 2.98. The van der Waals surface area contributed by atoms with E-state index >= 15 is 0 Å². The molecule has 0 bridgehead atoms. The molecule has 1 aromatic rings. The first-order chi connectivity index (χ1) is 8.38. The zero-order valence-corrected chi connectivity index (χ0v) is 13.0. The van der Waals surface area contributed by atoms with Crippen molar-refractivity contribution in [3.8, 4) is 0 Å². The van der Waals surface area contributed by atoms with Crippen LogP contribution in [0.5, 0.6) is 0 Å². The van der Waals surface area contributed by atoms with E-state index in [-0.39, 0.29) is 10.2 Å². The van der Waals surface area contributed by atoms with Gasteiger partial charge in [0.05, 0.1) is 4.83 Å². The van der Waals surface area contributed by atoms with Crippen LogP contribution in [0.1, 0.15) is 44.7 Å². The average molecular weight is 309 g/mol. The van der Waals surface area contributed by atoms with Crippen LogP contribution in [0, 0.1) is 5.92 Å². The van der Waals surface area contributed by atoms with Crippen LogP contribution in [0.2, 0.25) is 0 Å². The first-order valence-electron chi connectivity index (χ1n) is 6.65. The zero-order valence-electron chi connectivity index (χ0n) is 11.4. The molecule has 1 saturated carbocycles. The molecule has 0 N–H and O–H groups in total. The van der Waals surface area contributed by atoms with E-state index < -0.39 is 0 Å². The molecule has 98 valence electrons. The van der Waals surface area contributed by atoms with Crippen LogP contribution in [0.25, 0.3) is 0 Å². The summed E-state index contributed by atoms with van der Waals surface area (Å²) in [4.78, 5) is 11.9. The minimum atomic E-state index is -0.00881. The van der Waals surface area contributed by atoms with Gasteiger partial charge in [0.15, 0.2) is 0 Å². The average Bonchev–Trinajstić information content (AvgIpc) is 3.11. The quantitative estimate of drug-likeness (QED) is 0.759. The van der Waals surface area contributed by atoms with Gasteiger partial charge in [0.2, 0.25) is 0 Å². The summed E-state index contributed by atoms with van der Waals surface area (Å²) in [6, 6.07) is 8.65. The number of hydrogen-bond acceptors (Lipinski definition) is 1. The predicted octanol–water partition coefficient (Wildman–Crippen LogP) is 4.27. The lowest BCUT2D eigenvalue weighted by molar-refractivity contribution is -0.119. The Hall–Kier alpha value is -0.630. The number of rotatable bonds is 4. The van der Waals surface area contributed by atoms with E-state index in [1.54, 1.807) is 0 Å². The molecule has 1 fully saturated rings. The van der Waals surface area contributed by atoms with E-state index in [1.807, 2.05) is 0 Å². The second-order valence-electron chi connectivity index (χ2n) is 6.30. The van der Waals surface area contributed by atoms with E-state index in [4.69, 9.17) is 0 Å². The van der Waals surface area contributed by atoms with Gasteiger partial charge >= 0.3 is 0 Å². The number of ketones is 1. The minimum Gasteiger partial charge on any atom is -0.298 e. The van der Waals surface area contributed by atoms with Crippen LogP contribution < -0.4 is 0 Å². The highest BCUT2D eigenvalue weighted by molar-refractivity contribution is 9.10. The summed E-state index contributed by atoms with van der Waals surface area (Å²) in [6.45, 7) is 6.64. The number of alkyl halides is 1. The monoisotopic (exact) mass is 308 g/mol. The van der Waals surface area contributed by atoms with Gasteiger partial charge < -0.3 is 0 Å². The smallest absolute Gasteiger partial charge is 0.149 e. The number of carbonyl (C=O) groups excluding carboxylic acids is 1. The SMILES string of the molecule is CC(C)(C)c1ccc(CC(Br)C(=O)C2CC2)cc1. The zero-order chi connectivity index (χ0) is 13.3. The number of benzene rings is 1. The maximum Gasteiger partial charge on any atom is 0.149 e. The summed E-state index contributed by atoms with van der Waals surface area (Å²) in [7, 11) is 0. The molecule has 1 atom stereocenters. The minimum absolute atomic E-state index is 0.00881. The van der Waals surface area contributed by atoms with Gasteiger partial charge in [0, 0.05) is 5.92 Å². The highest BCUT2D eigenvalue weighted by Crippen LogP contribution is 2.33. The fourth-order valence-electron chi connectivity index (χ4n) is 2.07. The molecule has 0 amide bonds. The Labute approximate surface area is 118 Å². The normalized spacial score (nSPS) is 17.6. The molecule has 2 heteroatoms. The van der Waals surface area contributed by atoms with Gasteiger partial charge in [-0.15, -0.1) is 0 Å². The summed E-state index contributed by atoms with van der Waals surface area (Å²) < 4.78 is 0. The molecule has 1 nitrogen and oxygen atoms in total. The highest BCUT2D eigenvalue weighted by atomic mass is 79.9. The van der Waals surface area contributed by atoms with Gasteiger partial charge in [0.25, 0.3) is 0 Å². The number of halogens is 1. The second kappa shape index (κ2) is 5.16. The molecule has 0 aromatic heterocycles. The van der Waals surface area contributed by atoms with E-state index in [2.05, 4.69) is 61.0 Å². The van der Waals surface area contributed by atoms with E-state index in [0.29, 0.717) is 11.7 Å². The van der Waals surface area contributed by atoms with Crippen LogP contribution in [0.15, 0.2) is 24.3 Å². The Morgan fingerprint density at radius 1 is 1.28 bits per heavy atom. The van der Waals surface area contributed by atoms with E-state index in [9.17, 15) is 4.79 Å². The molecule has 0 aliphatic heterocycles. The lowest BCUT2D eigenvalue weighted by Crippen LogP contribution is -2.18. The van der Waals surface area contributed by atoms with Crippen molar-refractivity contribution in [2.75, 3.05) is 0 Å². The summed E-state index contributed by atoms with van der Waals surface area (Å²) in [5, 5.41) is 0. The van der Waals surface area contributed by atoms with Gasteiger partial charge in [-0.2, -0.15) is 0 Å². The topological polar surface area (TPSA) is 17.1 Å². The Kier molecular flexibility index (Phi) is 3.96. The van der Waals surface area contributed by atoms with Crippen molar-refractivity contribution < 1.29 is 4.79 Å². The Bertz CT molecular complexity index is 423. The molecule has 1 aliphatic rings. The fraction of sp³-hybridized carbons (Fsp3) is 0.562. The van der Waals surface area contributed by atoms with Crippen LogP contribution in [0.4, 0.5) is 0 Å². The van der Waals surface area contributed by atoms with Crippen LogP contribution >= 0.6 is 15.9 Å². The number of hydrogen-bond donors (Lipinski definition) is 0. The van der Waals surface area contributed by atoms with Crippen molar-refractivity contribution in [3.05, 3.63) is 35.4 Å². The van der Waals surface area contributed by atoms with Crippen molar-refractivity contribution >= 4 is 21.7 Å². The second-order valence-corrected chi connectivity index (χ2v) is 7.40. The van der Waals surface area contributed by atoms with Crippen molar-refractivity contribution in [3.63, 3.8) is 0 Å². The largest absolute Gasteiger partial charge is 0.298 e. The predicted molar refractivity (Wildman–Crippen MR) is 79.3 cm³/mol. The van der Waals surface area contributed by atoms with Crippen LogP contribution in [-0.4, -0.2) is 10.6 Å². The number of carbonyl (C=O) groups is 1. The van der Waals surface area contributed by atoms with E-state index in [1.165, 1.54) is 11.1 Å². The lowest BCUT2D eigenvalue weighted by atomic mass is 9.86. The van der Waals surface area contributed by atoms with E-state index in [0.717, 1.165) is 19.3 Å². The maximum absolute atomic E-state index is 11.9. The molecule has 0 spiro atoms. The van der Waals surface area contributed by atoms with Gasteiger partial charge in [-0.05, 0) is 35.8 Å². The summed E-state index contributed by atoms with van der Waals surface area (Å²) in [5.74, 6) is 0.720. The lowest BCUT2D eigenvalue weighted by Gasteiger charge is -2.19. The molecule has 2 rings (SSSR count). The third-order valence-corrected chi connectivity index (χ3v) is 4.30. The van der Waals surface area contributed by atoms with Gasteiger partial charge in [-0.1, -0.05) is 61.0 Å². The molecule has 0 saturated heterocycles. The Balaban J connectivity index is 1.99. The molecule has 0 heterocycles. The highest BCUT2D eigenvalue weighted by Gasteiger charge is 2.33. The molecule has 18 heavy (non-hydrogen) atoms. The summed E-state index contributed by atoms with van der Waals surface area (Å²) >= 11 is 3.53. The molecule has 1 aromatic carbocycles. The van der Waals surface area contributed by atoms with Gasteiger partial charge in [0.1, 0.15) is 5.78 Å². The maximum atomic E-state index is 11.9. The molecule has 1 aliphatic carbocycles. The van der Waals surface area contributed by atoms with Gasteiger partial charge in [-0.3, -0.25) is 4.79 Å². The fourth-order valence-corrected chi connectivity index (χ4v) is 2.82. The van der Waals surface area contributed by atoms with Crippen molar-refractivity contribution in [2.24, 2.45) is 5.92 Å². The molecule has 1 unspecified atom stereocenters.